The molecule has 2 unspecified atom stereocenters. The lowest BCUT2D eigenvalue weighted by molar-refractivity contribution is -0.0407. The fourth-order valence-electron chi connectivity index (χ4n) is 3.51. The van der Waals surface area contributed by atoms with Crippen LogP contribution in [-0.2, 0) is 20.2 Å². The van der Waals surface area contributed by atoms with Crippen LogP contribution in [-0.4, -0.2) is 45.6 Å². The quantitative estimate of drug-likeness (QED) is 0.800. The largest absolute Gasteiger partial charge is 0.497 e. The summed E-state index contributed by atoms with van der Waals surface area (Å²) in [5.41, 5.74) is -0.342. The minimum Gasteiger partial charge on any atom is -0.497 e. The van der Waals surface area contributed by atoms with Gasteiger partial charge in [-0.3, -0.25) is 4.55 Å². The van der Waals surface area contributed by atoms with Gasteiger partial charge >= 0.3 is 10.4 Å². The average molecular weight is 343 g/mol. The van der Waals surface area contributed by atoms with Crippen molar-refractivity contribution < 1.29 is 21.9 Å². The minimum atomic E-state index is -4.58. The van der Waals surface area contributed by atoms with E-state index in [-0.39, 0.29) is 5.92 Å². The molecular formula is C16H25NO5S. The zero-order valence-electron chi connectivity index (χ0n) is 13.9. The molecule has 0 aromatic heterocycles. The van der Waals surface area contributed by atoms with Crippen molar-refractivity contribution in [1.82, 2.24) is 4.90 Å². The van der Waals surface area contributed by atoms with Gasteiger partial charge in [-0.25, -0.2) is 4.18 Å². The summed E-state index contributed by atoms with van der Waals surface area (Å²) in [5, 5.41) is 0. The zero-order chi connectivity index (χ0) is 17.1. The van der Waals surface area contributed by atoms with Crippen LogP contribution < -0.4 is 4.74 Å². The van der Waals surface area contributed by atoms with Gasteiger partial charge in [-0.15, -0.1) is 0 Å². The van der Waals surface area contributed by atoms with Crippen LogP contribution in [0.5, 0.6) is 5.75 Å². The third-order valence-corrected chi connectivity index (χ3v) is 4.92. The molecule has 0 aliphatic heterocycles. The normalized spacial score (nSPS) is 25.5. The Morgan fingerprint density at radius 1 is 1.35 bits per heavy atom. The van der Waals surface area contributed by atoms with Crippen molar-refractivity contribution in [1.29, 1.82) is 0 Å². The van der Waals surface area contributed by atoms with Crippen LogP contribution >= 0.6 is 0 Å². The number of methoxy groups -OCH3 is 1. The molecule has 0 heterocycles. The first kappa shape index (κ1) is 18.2. The summed E-state index contributed by atoms with van der Waals surface area (Å²) >= 11 is 0. The fourth-order valence-corrected chi connectivity index (χ4v) is 4.20. The van der Waals surface area contributed by atoms with E-state index in [2.05, 4.69) is 0 Å². The Kier molecular flexibility index (Phi) is 5.67. The van der Waals surface area contributed by atoms with Crippen molar-refractivity contribution in [3.8, 4) is 5.75 Å². The van der Waals surface area contributed by atoms with Crippen molar-refractivity contribution in [3.05, 3.63) is 29.8 Å². The van der Waals surface area contributed by atoms with E-state index < -0.39 is 16.0 Å². The predicted octanol–water partition coefficient (Wildman–Crippen LogP) is 2.46. The van der Waals surface area contributed by atoms with Gasteiger partial charge in [0.05, 0.1) is 7.11 Å². The van der Waals surface area contributed by atoms with Gasteiger partial charge in [0.2, 0.25) is 0 Å². The van der Waals surface area contributed by atoms with Gasteiger partial charge in [0, 0.05) is 12.5 Å². The van der Waals surface area contributed by atoms with E-state index in [1.165, 1.54) is 0 Å². The van der Waals surface area contributed by atoms with Crippen LogP contribution in [0, 0.1) is 5.92 Å². The summed E-state index contributed by atoms with van der Waals surface area (Å²) in [6.45, 7) is 0.673. The lowest BCUT2D eigenvalue weighted by Crippen LogP contribution is -2.46. The molecule has 1 fully saturated rings. The zero-order valence-corrected chi connectivity index (χ0v) is 14.7. The monoisotopic (exact) mass is 343 g/mol. The molecule has 0 amide bonds. The highest BCUT2D eigenvalue weighted by molar-refractivity contribution is 7.80. The molecular weight excluding hydrogens is 318 g/mol. The van der Waals surface area contributed by atoms with Crippen molar-refractivity contribution in [3.63, 3.8) is 0 Å². The second-order valence-corrected chi connectivity index (χ2v) is 7.36. The molecule has 1 aromatic rings. The third-order valence-electron chi connectivity index (χ3n) is 4.41. The number of nitrogens with zero attached hydrogens (tertiary/aromatic N) is 1. The summed E-state index contributed by atoms with van der Waals surface area (Å²) < 4.78 is 43.1. The Morgan fingerprint density at radius 3 is 2.70 bits per heavy atom. The standard InChI is InChI=1S/C16H25NO5S/c1-17(2)12-14-7-4-5-10-16(14,22-23(18,19)20)13-8-6-9-15(11-13)21-3/h6,8-9,11,14H,4-5,7,10,12H2,1-3H3,(H,18,19,20). The van der Waals surface area contributed by atoms with Crippen LogP contribution in [0.3, 0.4) is 0 Å². The highest BCUT2D eigenvalue weighted by Crippen LogP contribution is 2.46. The Morgan fingerprint density at radius 2 is 2.09 bits per heavy atom. The molecule has 2 atom stereocenters. The Balaban J connectivity index is 2.52. The maximum absolute atomic E-state index is 11.6. The number of ether oxygens (including phenoxy) is 1. The highest BCUT2D eigenvalue weighted by Gasteiger charge is 2.46. The van der Waals surface area contributed by atoms with Gasteiger partial charge in [0.1, 0.15) is 11.4 Å². The van der Waals surface area contributed by atoms with E-state index in [1.54, 1.807) is 19.2 Å². The maximum Gasteiger partial charge on any atom is 0.398 e. The van der Waals surface area contributed by atoms with Crippen LogP contribution in [0.4, 0.5) is 0 Å². The molecule has 1 aliphatic carbocycles. The summed E-state index contributed by atoms with van der Waals surface area (Å²) in [6.07, 6.45) is 3.24. The predicted molar refractivity (Wildman–Crippen MR) is 87.8 cm³/mol. The van der Waals surface area contributed by atoms with Gasteiger partial charge in [0.15, 0.2) is 0 Å². The average Bonchev–Trinajstić information content (AvgIpc) is 2.47. The minimum absolute atomic E-state index is 0.0414. The number of benzene rings is 1. The second-order valence-electron chi connectivity index (χ2n) is 6.34. The van der Waals surface area contributed by atoms with Crippen LogP contribution in [0.1, 0.15) is 31.2 Å². The van der Waals surface area contributed by atoms with Crippen molar-refractivity contribution in [2.45, 2.75) is 31.3 Å². The highest BCUT2D eigenvalue weighted by atomic mass is 32.3. The molecule has 1 aromatic carbocycles. The molecule has 130 valence electrons. The molecule has 2 rings (SSSR count). The Hall–Kier alpha value is -1.15. The van der Waals surface area contributed by atoms with E-state index in [1.807, 2.05) is 31.1 Å². The summed E-state index contributed by atoms with van der Waals surface area (Å²) in [4.78, 5) is 2.01. The van der Waals surface area contributed by atoms with Crippen LogP contribution in [0.25, 0.3) is 0 Å². The van der Waals surface area contributed by atoms with Gasteiger partial charge in [-0.05, 0) is 44.6 Å². The van der Waals surface area contributed by atoms with Crippen molar-refractivity contribution in [2.75, 3.05) is 27.7 Å². The van der Waals surface area contributed by atoms with E-state index >= 15 is 0 Å². The molecule has 7 heteroatoms. The first-order valence-electron chi connectivity index (χ1n) is 7.74. The molecule has 0 bridgehead atoms. The molecule has 1 saturated carbocycles. The van der Waals surface area contributed by atoms with Crippen molar-refractivity contribution >= 4 is 10.4 Å². The third kappa shape index (κ3) is 4.44. The molecule has 1 N–H and O–H groups in total. The number of hydrogen-bond donors (Lipinski definition) is 1. The molecule has 0 saturated heterocycles. The molecule has 6 nitrogen and oxygen atoms in total. The number of rotatable bonds is 6. The van der Waals surface area contributed by atoms with Crippen LogP contribution in [0.2, 0.25) is 0 Å². The molecule has 1 aliphatic rings. The van der Waals surface area contributed by atoms with E-state index in [0.29, 0.717) is 18.7 Å². The molecule has 0 spiro atoms. The van der Waals surface area contributed by atoms with Crippen molar-refractivity contribution in [2.24, 2.45) is 5.92 Å². The topological polar surface area (TPSA) is 76.1 Å². The molecule has 0 radical (unpaired) electrons. The summed E-state index contributed by atoms with van der Waals surface area (Å²) in [6, 6.07) is 7.24. The Bertz CT molecular complexity index is 631. The SMILES string of the molecule is COc1cccc(C2(OS(=O)(=O)O)CCCCC2CN(C)C)c1. The fraction of sp³-hybridized carbons (Fsp3) is 0.625. The van der Waals surface area contributed by atoms with Crippen LogP contribution in [0.15, 0.2) is 24.3 Å². The number of hydrogen-bond acceptors (Lipinski definition) is 5. The lowest BCUT2D eigenvalue weighted by atomic mass is 9.71. The van der Waals surface area contributed by atoms with E-state index in [4.69, 9.17) is 8.92 Å². The smallest absolute Gasteiger partial charge is 0.398 e. The van der Waals surface area contributed by atoms with E-state index in [9.17, 15) is 13.0 Å². The van der Waals surface area contributed by atoms with Gasteiger partial charge in [0.25, 0.3) is 0 Å². The van der Waals surface area contributed by atoms with Gasteiger partial charge in [-0.1, -0.05) is 25.0 Å². The summed E-state index contributed by atoms with van der Waals surface area (Å²) in [7, 11) is 0.871. The first-order valence-corrected chi connectivity index (χ1v) is 9.10. The maximum atomic E-state index is 11.6. The Labute approximate surface area is 138 Å². The van der Waals surface area contributed by atoms with E-state index in [0.717, 1.165) is 24.8 Å². The van der Waals surface area contributed by atoms with Gasteiger partial charge < -0.3 is 9.64 Å². The lowest BCUT2D eigenvalue weighted by Gasteiger charge is -2.44. The van der Waals surface area contributed by atoms with Gasteiger partial charge in [-0.2, -0.15) is 8.42 Å². The summed E-state index contributed by atoms with van der Waals surface area (Å²) in [5.74, 6) is 0.593. The molecule has 23 heavy (non-hydrogen) atoms. The second kappa shape index (κ2) is 7.17. The first-order chi connectivity index (χ1) is 10.8.